The van der Waals surface area contributed by atoms with Crippen LogP contribution in [0.15, 0.2) is 46.8 Å². The van der Waals surface area contributed by atoms with Crippen LogP contribution in [0.1, 0.15) is 15.9 Å². The number of hydrogen-bond acceptors (Lipinski definition) is 7. The van der Waals surface area contributed by atoms with Gasteiger partial charge in [0.1, 0.15) is 0 Å². The van der Waals surface area contributed by atoms with Crippen LogP contribution in [-0.4, -0.2) is 30.3 Å². The molecule has 1 aromatic heterocycles. The van der Waals surface area contributed by atoms with Gasteiger partial charge in [0, 0.05) is 16.3 Å². The molecule has 1 heterocycles. The molecule has 1 N–H and O–H groups in total. The number of amides is 1. The first kappa shape index (κ1) is 19.5. The van der Waals surface area contributed by atoms with Crippen molar-refractivity contribution in [2.45, 2.75) is 10.1 Å². The number of nitrogens with zero attached hydrogens (tertiary/aromatic N) is 2. The van der Waals surface area contributed by atoms with Crippen LogP contribution >= 0.6 is 34.7 Å². The molecule has 0 aliphatic carbocycles. The zero-order valence-corrected chi connectivity index (χ0v) is 17.0. The van der Waals surface area contributed by atoms with Crippen molar-refractivity contribution in [2.75, 3.05) is 19.5 Å². The SMILES string of the molecule is COc1ccc(C(=O)Nc2nnc(SCc3ccccc3Cl)s2)cc1OC. The van der Waals surface area contributed by atoms with Crippen LogP contribution in [0.5, 0.6) is 11.5 Å². The van der Waals surface area contributed by atoms with E-state index in [1.54, 1.807) is 25.3 Å². The average Bonchev–Trinajstić information content (AvgIpc) is 3.14. The Kier molecular flexibility index (Phi) is 6.54. The standard InChI is InChI=1S/C18H16ClN3O3S2/c1-24-14-8-7-11(9-15(14)25-2)16(23)20-17-21-22-18(27-17)26-10-12-5-3-4-6-13(12)19/h3-9H,10H2,1-2H3,(H,20,21,23). The molecule has 140 valence electrons. The summed E-state index contributed by atoms with van der Waals surface area (Å²) >= 11 is 8.98. The van der Waals surface area contributed by atoms with Crippen molar-refractivity contribution < 1.29 is 14.3 Å². The highest BCUT2D eigenvalue weighted by Gasteiger charge is 2.14. The molecule has 6 nitrogen and oxygen atoms in total. The Balaban J connectivity index is 1.63. The van der Waals surface area contributed by atoms with E-state index in [4.69, 9.17) is 21.1 Å². The van der Waals surface area contributed by atoms with E-state index in [1.165, 1.54) is 30.2 Å². The highest BCUT2D eigenvalue weighted by molar-refractivity contribution is 8.00. The number of aromatic nitrogens is 2. The van der Waals surface area contributed by atoms with Gasteiger partial charge in [-0.15, -0.1) is 10.2 Å². The van der Waals surface area contributed by atoms with Crippen molar-refractivity contribution in [1.29, 1.82) is 0 Å². The maximum Gasteiger partial charge on any atom is 0.257 e. The lowest BCUT2D eigenvalue weighted by Crippen LogP contribution is -2.11. The molecule has 0 fully saturated rings. The summed E-state index contributed by atoms with van der Waals surface area (Å²) in [5, 5.41) is 12.0. The summed E-state index contributed by atoms with van der Waals surface area (Å²) in [4.78, 5) is 12.4. The zero-order valence-electron chi connectivity index (χ0n) is 14.6. The molecule has 9 heteroatoms. The van der Waals surface area contributed by atoms with Gasteiger partial charge in [-0.1, -0.05) is 52.9 Å². The molecule has 1 amide bonds. The van der Waals surface area contributed by atoms with Gasteiger partial charge in [-0.25, -0.2) is 0 Å². The number of carbonyl (C=O) groups is 1. The maximum atomic E-state index is 12.4. The van der Waals surface area contributed by atoms with Crippen molar-refractivity contribution in [3.63, 3.8) is 0 Å². The summed E-state index contributed by atoms with van der Waals surface area (Å²) in [7, 11) is 3.06. The van der Waals surface area contributed by atoms with Crippen LogP contribution in [0.2, 0.25) is 5.02 Å². The second-order valence-corrected chi connectivity index (χ2v) is 7.88. The molecule has 0 bridgehead atoms. The second kappa shape index (κ2) is 9.07. The van der Waals surface area contributed by atoms with Crippen LogP contribution < -0.4 is 14.8 Å². The van der Waals surface area contributed by atoms with Gasteiger partial charge in [0.25, 0.3) is 5.91 Å². The molecular weight excluding hydrogens is 406 g/mol. The predicted octanol–water partition coefficient (Wildman–Crippen LogP) is 4.75. The van der Waals surface area contributed by atoms with Crippen molar-refractivity contribution >= 4 is 45.7 Å². The number of rotatable bonds is 7. The molecule has 27 heavy (non-hydrogen) atoms. The minimum Gasteiger partial charge on any atom is -0.493 e. The van der Waals surface area contributed by atoms with E-state index in [1.807, 2.05) is 24.3 Å². The molecule has 0 aliphatic rings. The van der Waals surface area contributed by atoms with Crippen LogP contribution in [0.3, 0.4) is 0 Å². The smallest absolute Gasteiger partial charge is 0.257 e. The van der Waals surface area contributed by atoms with Gasteiger partial charge in [-0.05, 0) is 29.8 Å². The lowest BCUT2D eigenvalue weighted by atomic mass is 10.2. The second-order valence-electron chi connectivity index (χ2n) is 5.28. The highest BCUT2D eigenvalue weighted by atomic mass is 35.5. The lowest BCUT2D eigenvalue weighted by molar-refractivity contribution is 0.102. The molecular formula is C18H16ClN3O3S2. The van der Waals surface area contributed by atoms with E-state index in [-0.39, 0.29) is 5.91 Å². The third kappa shape index (κ3) is 4.91. The third-order valence-corrected chi connectivity index (χ3v) is 5.97. The Morgan fingerprint density at radius 2 is 1.93 bits per heavy atom. The number of thioether (sulfide) groups is 1. The van der Waals surface area contributed by atoms with Crippen LogP contribution in [-0.2, 0) is 5.75 Å². The van der Waals surface area contributed by atoms with Gasteiger partial charge in [0.2, 0.25) is 5.13 Å². The fourth-order valence-corrected chi connectivity index (χ4v) is 4.25. The van der Waals surface area contributed by atoms with E-state index in [2.05, 4.69) is 15.5 Å². The first-order chi connectivity index (χ1) is 13.1. The topological polar surface area (TPSA) is 73.3 Å². The summed E-state index contributed by atoms with van der Waals surface area (Å²) in [5.41, 5.74) is 1.46. The van der Waals surface area contributed by atoms with Gasteiger partial charge < -0.3 is 9.47 Å². The Bertz CT molecular complexity index is 949. The number of ether oxygens (including phenoxy) is 2. The first-order valence-corrected chi connectivity index (χ1v) is 10.0. The summed E-state index contributed by atoms with van der Waals surface area (Å²) in [6.45, 7) is 0. The Labute approximate surface area is 169 Å². The normalized spacial score (nSPS) is 10.5. The average molecular weight is 422 g/mol. The molecule has 0 aliphatic heterocycles. The van der Waals surface area contributed by atoms with Crippen molar-refractivity contribution in [3.05, 3.63) is 58.6 Å². The summed E-state index contributed by atoms with van der Waals surface area (Å²) in [5.74, 6) is 1.43. The minimum atomic E-state index is -0.297. The van der Waals surface area contributed by atoms with E-state index in [0.29, 0.717) is 27.9 Å². The van der Waals surface area contributed by atoms with Gasteiger partial charge in [-0.2, -0.15) is 0 Å². The highest BCUT2D eigenvalue weighted by Crippen LogP contribution is 2.31. The number of carbonyl (C=O) groups excluding carboxylic acids is 1. The first-order valence-electron chi connectivity index (χ1n) is 7.84. The molecule has 3 aromatic rings. The number of benzene rings is 2. The fourth-order valence-electron chi connectivity index (χ4n) is 2.22. The maximum absolute atomic E-state index is 12.4. The molecule has 0 saturated carbocycles. The van der Waals surface area contributed by atoms with Gasteiger partial charge in [0.15, 0.2) is 15.8 Å². The number of nitrogens with one attached hydrogen (secondary N) is 1. The molecule has 0 spiro atoms. The Hall–Kier alpha value is -2.29. The molecule has 2 aromatic carbocycles. The van der Waals surface area contributed by atoms with Crippen LogP contribution in [0.25, 0.3) is 0 Å². The Morgan fingerprint density at radius 3 is 2.67 bits per heavy atom. The quantitative estimate of drug-likeness (QED) is 0.438. The monoisotopic (exact) mass is 421 g/mol. The van der Waals surface area contributed by atoms with E-state index in [9.17, 15) is 4.79 Å². The number of anilines is 1. The van der Waals surface area contributed by atoms with E-state index < -0.39 is 0 Å². The minimum absolute atomic E-state index is 0.297. The van der Waals surface area contributed by atoms with Crippen LogP contribution in [0.4, 0.5) is 5.13 Å². The molecule has 0 radical (unpaired) electrons. The van der Waals surface area contributed by atoms with E-state index in [0.717, 1.165) is 14.9 Å². The number of hydrogen-bond donors (Lipinski definition) is 1. The van der Waals surface area contributed by atoms with Crippen molar-refractivity contribution in [2.24, 2.45) is 0 Å². The number of methoxy groups -OCH3 is 2. The summed E-state index contributed by atoms with van der Waals surface area (Å²) < 4.78 is 11.1. The van der Waals surface area contributed by atoms with Crippen molar-refractivity contribution in [3.8, 4) is 11.5 Å². The molecule has 0 saturated heterocycles. The summed E-state index contributed by atoms with van der Waals surface area (Å²) in [6.07, 6.45) is 0. The Morgan fingerprint density at radius 1 is 1.15 bits per heavy atom. The molecule has 0 atom stereocenters. The van der Waals surface area contributed by atoms with Gasteiger partial charge >= 0.3 is 0 Å². The van der Waals surface area contributed by atoms with Crippen molar-refractivity contribution in [1.82, 2.24) is 10.2 Å². The largest absolute Gasteiger partial charge is 0.493 e. The molecule has 3 rings (SSSR count). The fraction of sp³-hybridized carbons (Fsp3) is 0.167. The molecule has 0 unspecified atom stereocenters. The number of halogens is 1. The van der Waals surface area contributed by atoms with Gasteiger partial charge in [0.05, 0.1) is 14.2 Å². The zero-order chi connectivity index (χ0) is 19.2. The van der Waals surface area contributed by atoms with E-state index >= 15 is 0 Å². The van der Waals surface area contributed by atoms with Crippen LogP contribution in [0, 0.1) is 0 Å². The third-order valence-electron chi connectivity index (χ3n) is 3.58. The summed E-state index contributed by atoms with van der Waals surface area (Å²) in [6, 6.07) is 12.6. The van der Waals surface area contributed by atoms with Gasteiger partial charge in [-0.3, -0.25) is 10.1 Å². The lowest BCUT2D eigenvalue weighted by Gasteiger charge is -2.08. The predicted molar refractivity (Wildman–Crippen MR) is 108 cm³/mol.